The van der Waals surface area contributed by atoms with Gasteiger partial charge >= 0.3 is 80.1 Å². The van der Waals surface area contributed by atoms with Crippen LogP contribution in [-0.4, -0.2) is 33.8 Å². The van der Waals surface area contributed by atoms with E-state index in [2.05, 4.69) is 31.8 Å². The van der Waals surface area contributed by atoms with Crippen LogP contribution in [0.25, 0.3) is 0 Å². The summed E-state index contributed by atoms with van der Waals surface area (Å²) in [7, 11) is -0.937. The minimum absolute atomic E-state index is 0. The van der Waals surface area contributed by atoms with Gasteiger partial charge in [0.2, 0.25) is 0 Å². The minimum atomic E-state index is -0.937. The molecule has 0 aromatic carbocycles. The average Bonchev–Trinajstić information content (AvgIpc) is 1.81. The zero-order valence-electron chi connectivity index (χ0n) is 7.96. The smallest absolute Gasteiger partial charge is 0.153 e. The van der Waals surface area contributed by atoms with Crippen molar-refractivity contribution in [3.63, 3.8) is 0 Å². The first-order valence-corrected chi connectivity index (χ1v) is 9.26. The normalized spacial score (nSPS) is 10.6. The van der Waals surface area contributed by atoms with Crippen LogP contribution in [0.5, 0.6) is 0 Å². The number of thiol groups is 1. The summed E-state index contributed by atoms with van der Waals surface area (Å²) in [6, 6.07) is 3.35. The van der Waals surface area contributed by atoms with E-state index in [1.165, 1.54) is 0 Å². The van der Waals surface area contributed by atoms with Gasteiger partial charge in [-0.15, -0.1) is 0 Å². The molecule has 0 fully saturated rings. The molecule has 12 heavy (non-hydrogen) atoms. The summed E-state index contributed by atoms with van der Waals surface area (Å²) in [6.07, 6.45) is 2.12. The molecule has 5 heteroatoms. The Morgan fingerprint density at radius 1 is 1.50 bits per heavy atom. The molecule has 0 saturated carbocycles. The number of hydrogen-bond acceptors (Lipinski definition) is 2. The van der Waals surface area contributed by atoms with Crippen molar-refractivity contribution >= 4 is 57.2 Å². The van der Waals surface area contributed by atoms with E-state index < -0.39 is 8.07 Å². The first-order valence-electron chi connectivity index (χ1n) is 3.31. The van der Waals surface area contributed by atoms with Gasteiger partial charge in [-0.25, -0.2) is 0 Å². The number of nitriles is 1. The molecule has 0 bridgehead atoms. The van der Waals surface area contributed by atoms with Crippen LogP contribution in [0.3, 0.4) is 0 Å². The number of rotatable bonds is 2. The van der Waals surface area contributed by atoms with Gasteiger partial charge in [-0.1, -0.05) is 0 Å². The second-order valence-electron chi connectivity index (χ2n) is 3.54. The molecular weight excluding hydrogens is 394 g/mol. The quantitative estimate of drug-likeness (QED) is 0.228. The van der Waals surface area contributed by atoms with Crippen molar-refractivity contribution in [1.82, 2.24) is 0 Å². The molecule has 0 spiro atoms. The van der Waals surface area contributed by atoms with Crippen molar-refractivity contribution in [2.45, 2.75) is 25.7 Å². The molecule has 0 aliphatic heterocycles. The second kappa shape index (κ2) is 8.73. The van der Waals surface area contributed by atoms with Crippen molar-refractivity contribution in [1.29, 1.82) is 5.26 Å². The zero-order valence-corrected chi connectivity index (χ0v) is 15.8. The summed E-state index contributed by atoms with van der Waals surface area (Å²) < 4.78 is 1.02. The summed E-state index contributed by atoms with van der Waals surface area (Å²) in [6.45, 7) is 6.95. The maximum absolute atomic E-state index is 8.47. The summed E-state index contributed by atoms with van der Waals surface area (Å²) in [5, 5.41) is 8.47. The Kier molecular flexibility index (Phi) is 13.7. The fourth-order valence-electron chi connectivity index (χ4n) is 0.462. The second-order valence-corrected chi connectivity index (χ2v) is 11.5. The van der Waals surface area contributed by atoms with Gasteiger partial charge in [-0.05, 0) is 0 Å². The first kappa shape index (κ1) is 18.8. The van der Waals surface area contributed by atoms with Crippen LogP contribution in [0, 0.1) is 11.3 Å². The third kappa shape index (κ3) is 13.7. The van der Waals surface area contributed by atoms with Gasteiger partial charge in [-0.3, -0.25) is 0 Å². The molecule has 68 valence electrons. The molecule has 0 aliphatic rings. The van der Waals surface area contributed by atoms with E-state index in [0.29, 0.717) is 25.8 Å². The molecule has 0 amide bonds. The number of allylic oxidation sites excluding steroid dienone is 2. The Morgan fingerprint density at radius 2 is 1.92 bits per heavy atom. The van der Waals surface area contributed by atoms with E-state index in [1.807, 2.05) is 0 Å². The van der Waals surface area contributed by atoms with Crippen LogP contribution in [0.15, 0.2) is 9.21 Å². The van der Waals surface area contributed by atoms with Crippen molar-refractivity contribution in [2.75, 3.05) is 0 Å². The summed E-state index contributed by atoms with van der Waals surface area (Å²) in [5.41, 5.74) is 0. The van der Waals surface area contributed by atoms with Gasteiger partial charge in [0, 0.05) is 0 Å². The maximum atomic E-state index is 8.47. The fourth-order valence-corrected chi connectivity index (χ4v) is 2.67. The molecular formula is C7H16NPSSiTl-. The molecule has 0 aromatic heterocycles. The molecule has 0 N–H and O–H groups in total. The summed E-state index contributed by atoms with van der Waals surface area (Å²) in [4.78, 5) is 0. The Hall–Kier alpha value is 1.15. The monoisotopic (exact) mass is 410 g/mol. The predicted octanol–water partition coefficient (Wildman–Crippen LogP) is 1.69. The van der Waals surface area contributed by atoms with Crippen molar-refractivity contribution in [3.05, 3.63) is 9.21 Å². The first-order chi connectivity index (χ1) is 4.45. The van der Waals surface area contributed by atoms with Crippen LogP contribution in [0.4, 0.5) is 0 Å². The minimum Gasteiger partial charge on any atom is -0.813 e. The number of hydrogen-bond donors (Lipinski definition) is 0. The van der Waals surface area contributed by atoms with Gasteiger partial charge in [0.1, 0.15) is 0 Å². The van der Waals surface area contributed by atoms with Crippen LogP contribution in [0.2, 0.25) is 25.7 Å². The summed E-state index contributed by atoms with van der Waals surface area (Å²) in [5.74, 6) is 0. The van der Waals surface area contributed by atoms with E-state index in [0.717, 1.165) is 9.18 Å². The van der Waals surface area contributed by atoms with E-state index in [4.69, 9.17) is 5.26 Å². The molecule has 0 aliphatic carbocycles. The van der Waals surface area contributed by atoms with Crippen molar-refractivity contribution < 1.29 is 0 Å². The average molecular weight is 410 g/mol. The van der Waals surface area contributed by atoms with E-state index in [1.54, 1.807) is 0 Å². The van der Waals surface area contributed by atoms with Crippen molar-refractivity contribution in [3.8, 4) is 6.07 Å². The Bertz CT molecular complexity index is 183. The molecule has 0 aromatic rings. The van der Waals surface area contributed by atoms with Gasteiger partial charge in [0.05, 0.1) is 0 Å². The maximum Gasteiger partial charge on any atom is -0.153 e. The standard InChI is InChI=1S/C7H12NSi.H3P.H2S.Tl/c1-9(2,3)7-5-4-6-8;;;/h5H,7H2,1-3H3;1H3;1H2;/p-1. The Balaban J connectivity index is -0.000000405. The van der Waals surface area contributed by atoms with Crippen LogP contribution in [0.1, 0.15) is 0 Å². The molecule has 0 radical (unpaired) electrons. The van der Waals surface area contributed by atoms with Crippen LogP contribution < -0.4 is 0 Å². The summed E-state index contributed by atoms with van der Waals surface area (Å²) >= 11 is 0.714. The van der Waals surface area contributed by atoms with E-state index in [9.17, 15) is 0 Å². The van der Waals surface area contributed by atoms with Gasteiger partial charge < -0.3 is 13.5 Å². The molecule has 1 nitrogen and oxygen atoms in total. The third-order valence-corrected chi connectivity index (χ3v) is 3.91. The van der Waals surface area contributed by atoms with Gasteiger partial charge in [-0.2, -0.15) is 9.90 Å². The van der Waals surface area contributed by atoms with E-state index >= 15 is 0 Å². The zero-order chi connectivity index (χ0) is 8.20. The predicted molar refractivity (Wildman–Crippen MR) is 67.5 cm³/mol. The molecule has 0 rings (SSSR count). The Morgan fingerprint density at radius 3 is 2.17 bits per heavy atom. The largest absolute Gasteiger partial charge is 0.813 e. The van der Waals surface area contributed by atoms with Crippen molar-refractivity contribution in [2.24, 2.45) is 0 Å². The molecule has 0 heterocycles. The van der Waals surface area contributed by atoms with Gasteiger partial charge in [0.25, 0.3) is 0 Å². The Labute approximate surface area is 103 Å². The van der Waals surface area contributed by atoms with Gasteiger partial charge in [0.15, 0.2) is 0 Å². The van der Waals surface area contributed by atoms with Crippen LogP contribution >= 0.6 is 9.90 Å². The number of nitrogens with zero attached hydrogens (tertiary/aromatic N) is 1. The fraction of sp³-hybridized carbons (Fsp3) is 0.571. The van der Waals surface area contributed by atoms with Crippen LogP contribution in [-0.2, 0) is 13.5 Å². The molecule has 0 saturated heterocycles. The molecule has 1 atom stereocenters. The SMILES string of the molecule is C[Si](C)(C)C/C=[C](/[Tl])C#N.P.[SH-]. The molecule has 1 unspecified atom stereocenters. The van der Waals surface area contributed by atoms with E-state index in [-0.39, 0.29) is 23.4 Å². The third-order valence-electron chi connectivity index (χ3n) is 1.06. The topological polar surface area (TPSA) is 23.8 Å².